The monoisotopic (exact) mass is 289 g/mol. The van der Waals surface area contributed by atoms with Crippen LogP contribution in [-0.2, 0) is 0 Å². The van der Waals surface area contributed by atoms with Crippen molar-refractivity contribution in [3.8, 4) is 0 Å². The van der Waals surface area contributed by atoms with Crippen molar-refractivity contribution in [1.29, 1.82) is 0 Å². The van der Waals surface area contributed by atoms with Crippen molar-refractivity contribution < 1.29 is 9.90 Å². The van der Waals surface area contributed by atoms with E-state index in [9.17, 15) is 14.7 Å². The van der Waals surface area contributed by atoms with E-state index >= 15 is 0 Å². The number of benzene rings is 1. The third-order valence-corrected chi connectivity index (χ3v) is 3.60. The fourth-order valence-electron chi connectivity index (χ4n) is 1.95. The summed E-state index contributed by atoms with van der Waals surface area (Å²) in [5.74, 6) is -0.454. The average molecular weight is 289 g/mol. The van der Waals surface area contributed by atoms with Crippen LogP contribution in [0.4, 0.5) is 0 Å². The number of fused-ring (bicyclic) bond motifs is 1. The Balaban J connectivity index is 2.15. The number of aromatic nitrogens is 2. The van der Waals surface area contributed by atoms with Crippen LogP contribution < -0.4 is 10.9 Å². The summed E-state index contributed by atoms with van der Waals surface area (Å²) in [6.45, 7) is 4.01. The standard InChI is InChI=1S/C15H19N3O3/c1-3-9(2)12(19)8-16-15(21)13-17-11-7-5-4-6-10(11)14(20)18-13/h4-7,9,12,19H,3,8H2,1-2H3,(H,16,21)(H,17,18,20). The van der Waals surface area contributed by atoms with Crippen LogP contribution in [0.5, 0.6) is 0 Å². The minimum Gasteiger partial charge on any atom is -0.391 e. The van der Waals surface area contributed by atoms with Crippen LogP contribution in [0.1, 0.15) is 30.9 Å². The third kappa shape index (κ3) is 3.46. The van der Waals surface area contributed by atoms with E-state index in [1.807, 2.05) is 13.8 Å². The number of amides is 1. The Kier molecular flexibility index (Phi) is 4.70. The summed E-state index contributed by atoms with van der Waals surface area (Å²) in [5.41, 5.74) is 0.113. The van der Waals surface area contributed by atoms with Crippen LogP contribution >= 0.6 is 0 Å². The number of nitrogens with one attached hydrogen (secondary N) is 2. The van der Waals surface area contributed by atoms with Gasteiger partial charge in [0.15, 0.2) is 5.82 Å². The van der Waals surface area contributed by atoms with E-state index < -0.39 is 12.0 Å². The van der Waals surface area contributed by atoms with Crippen LogP contribution in [-0.4, -0.2) is 33.6 Å². The van der Waals surface area contributed by atoms with Gasteiger partial charge < -0.3 is 15.4 Å². The van der Waals surface area contributed by atoms with Gasteiger partial charge in [0.25, 0.3) is 11.5 Å². The first-order valence-corrected chi connectivity index (χ1v) is 6.98. The van der Waals surface area contributed by atoms with Gasteiger partial charge in [0.2, 0.25) is 0 Å². The second kappa shape index (κ2) is 6.49. The largest absolute Gasteiger partial charge is 0.391 e. The van der Waals surface area contributed by atoms with Gasteiger partial charge in [-0.2, -0.15) is 0 Å². The highest BCUT2D eigenvalue weighted by Crippen LogP contribution is 2.07. The zero-order valence-corrected chi connectivity index (χ0v) is 12.1. The van der Waals surface area contributed by atoms with E-state index in [2.05, 4.69) is 15.3 Å². The quantitative estimate of drug-likeness (QED) is 0.767. The minimum absolute atomic E-state index is 0.0462. The highest BCUT2D eigenvalue weighted by molar-refractivity contribution is 5.92. The molecule has 1 amide bonds. The van der Waals surface area contributed by atoms with Crippen molar-refractivity contribution in [2.24, 2.45) is 5.92 Å². The van der Waals surface area contributed by atoms with Gasteiger partial charge in [-0.3, -0.25) is 9.59 Å². The Hall–Kier alpha value is -2.21. The smallest absolute Gasteiger partial charge is 0.287 e. The zero-order valence-electron chi connectivity index (χ0n) is 12.1. The molecule has 0 aliphatic carbocycles. The molecule has 0 radical (unpaired) electrons. The Labute approximate surface area is 122 Å². The van der Waals surface area contributed by atoms with E-state index in [4.69, 9.17) is 0 Å². The van der Waals surface area contributed by atoms with Gasteiger partial charge in [0.05, 0.1) is 17.0 Å². The Morgan fingerprint density at radius 2 is 2.14 bits per heavy atom. The molecule has 2 atom stereocenters. The zero-order chi connectivity index (χ0) is 15.4. The number of carbonyl (C=O) groups is 1. The maximum atomic E-state index is 12.0. The van der Waals surface area contributed by atoms with Gasteiger partial charge >= 0.3 is 0 Å². The van der Waals surface area contributed by atoms with Gasteiger partial charge in [-0.25, -0.2) is 4.98 Å². The number of aliphatic hydroxyl groups excluding tert-OH is 1. The molecule has 0 bridgehead atoms. The van der Waals surface area contributed by atoms with Crippen molar-refractivity contribution in [3.63, 3.8) is 0 Å². The van der Waals surface area contributed by atoms with Crippen LogP contribution in [0, 0.1) is 5.92 Å². The summed E-state index contributed by atoms with van der Waals surface area (Å²) in [4.78, 5) is 30.5. The Bertz CT molecular complexity index is 696. The molecule has 0 spiro atoms. The fourth-order valence-corrected chi connectivity index (χ4v) is 1.95. The molecular formula is C15H19N3O3. The molecule has 2 aromatic rings. The first-order valence-electron chi connectivity index (χ1n) is 6.98. The number of hydrogen-bond donors (Lipinski definition) is 3. The molecule has 21 heavy (non-hydrogen) atoms. The summed E-state index contributed by atoms with van der Waals surface area (Å²) < 4.78 is 0. The number of H-pyrrole nitrogens is 1. The molecule has 6 heteroatoms. The van der Waals surface area contributed by atoms with E-state index in [0.29, 0.717) is 10.9 Å². The first kappa shape index (κ1) is 15.2. The molecule has 0 fully saturated rings. The van der Waals surface area contributed by atoms with Crippen LogP contribution in [0.25, 0.3) is 10.9 Å². The Morgan fingerprint density at radius 1 is 1.43 bits per heavy atom. The third-order valence-electron chi connectivity index (χ3n) is 3.60. The number of para-hydroxylation sites is 1. The predicted octanol–water partition coefficient (Wildman–Crippen LogP) is 1.06. The average Bonchev–Trinajstić information content (AvgIpc) is 2.51. The summed E-state index contributed by atoms with van der Waals surface area (Å²) in [5, 5.41) is 12.9. The first-order chi connectivity index (χ1) is 10.0. The topological polar surface area (TPSA) is 95.1 Å². The normalized spacial score (nSPS) is 13.9. The number of rotatable bonds is 5. The molecule has 2 unspecified atom stereocenters. The lowest BCUT2D eigenvalue weighted by Gasteiger charge is -2.17. The predicted molar refractivity (Wildman–Crippen MR) is 80.2 cm³/mol. The summed E-state index contributed by atoms with van der Waals surface area (Å²) in [6, 6.07) is 6.82. The number of hydrogen-bond acceptors (Lipinski definition) is 4. The number of aliphatic hydroxyl groups is 1. The fraction of sp³-hybridized carbons (Fsp3) is 0.400. The molecule has 0 aliphatic rings. The summed E-state index contributed by atoms with van der Waals surface area (Å²) in [7, 11) is 0. The lowest BCUT2D eigenvalue weighted by molar-refractivity contribution is 0.0841. The molecule has 1 aromatic carbocycles. The van der Waals surface area contributed by atoms with Crippen molar-refractivity contribution in [2.45, 2.75) is 26.4 Å². The number of nitrogens with zero attached hydrogens (tertiary/aromatic N) is 1. The molecule has 6 nitrogen and oxygen atoms in total. The number of carbonyl (C=O) groups excluding carboxylic acids is 1. The van der Waals surface area contributed by atoms with Crippen molar-refractivity contribution in [1.82, 2.24) is 15.3 Å². The van der Waals surface area contributed by atoms with E-state index in [-0.39, 0.29) is 23.8 Å². The lowest BCUT2D eigenvalue weighted by atomic mass is 10.0. The maximum absolute atomic E-state index is 12.0. The van der Waals surface area contributed by atoms with E-state index in [1.165, 1.54) is 0 Å². The molecule has 112 valence electrons. The van der Waals surface area contributed by atoms with Gasteiger partial charge in [-0.05, 0) is 18.1 Å². The SMILES string of the molecule is CCC(C)C(O)CNC(=O)c1nc2ccccc2c(=O)[nH]1. The Morgan fingerprint density at radius 3 is 2.86 bits per heavy atom. The van der Waals surface area contributed by atoms with Crippen LogP contribution in [0.3, 0.4) is 0 Å². The van der Waals surface area contributed by atoms with Crippen molar-refractivity contribution >= 4 is 16.8 Å². The maximum Gasteiger partial charge on any atom is 0.287 e. The second-order valence-electron chi connectivity index (χ2n) is 5.09. The van der Waals surface area contributed by atoms with Crippen molar-refractivity contribution in [2.75, 3.05) is 6.54 Å². The highest BCUT2D eigenvalue weighted by atomic mass is 16.3. The molecule has 3 N–H and O–H groups in total. The minimum atomic E-state index is -0.619. The molecule has 0 aliphatic heterocycles. The molecule has 0 saturated carbocycles. The van der Waals surface area contributed by atoms with E-state index in [1.54, 1.807) is 24.3 Å². The summed E-state index contributed by atoms with van der Waals surface area (Å²) in [6.07, 6.45) is 0.202. The van der Waals surface area contributed by atoms with E-state index in [0.717, 1.165) is 6.42 Å². The molecule has 1 heterocycles. The van der Waals surface area contributed by atoms with Gasteiger partial charge in [-0.1, -0.05) is 32.4 Å². The van der Waals surface area contributed by atoms with Crippen LogP contribution in [0.15, 0.2) is 29.1 Å². The molecular weight excluding hydrogens is 270 g/mol. The number of aromatic amines is 1. The molecule has 0 saturated heterocycles. The van der Waals surface area contributed by atoms with Crippen molar-refractivity contribution in [3.05, 3.63) is 40.4 Å². The lowest BCUT2D eigenvalue weighted by Crippen LogP contribution is -2.36. The molecule has 1 aromatic heterocycles. The highest BCUT2D eigenvalue weighted by Gasteiger charge is 2.16. The van der Waals surface area contributed by atoms with Gasteiger partial charge in [0.1, 0.15) is 0 Å². The summed E-state index contributed by atoms with van der Waals surface area (Å²) >= 11 is 0. The van der Waals surface area contributed by atoms with Gasteiger partial charge in [0, 0.05) is 6.54 Å². The van der Waals surface area contributed by atoms with Crippen LogP contribution in [0.2, 0.25) is 0 Å². The molecule has 2 rings (SSSR count). The second-order valence-corrected chi connectivity index (χ2v) is 5.09. The van der Waals surface area contributed by atoms with Gasteiger partial charge in [-0.15, -0.1) is 0 Å².